The van der Waals surface area contributed by atoms with E-state index in [1.807, 2.05) is 12.1 Å². The van der Waals surface area contributed by atoms with Crippen LogP contribution in [0.4, 0.5) is 0 Å². The van der Waals surface area contributed by atoms with Crippen LogP contribution in [0, 0.1) is 13.8 Å². The van der Waals surface area contributed by atoms with Crippen LogP contribution >= 0.6 is 0 Å². The molecule has 2 fully saturated rings. The van der Waals surface area contributed by atoms with Crippen molar-refractivity contribution in [3.8, 4) is 5.69 Å². The van der Waals surface area contributed by atoms with Crippen molar-refractivity contribution in [2.45, 2.75) is 70.8 Å². The molecule has 1 amide bonds. The van der Waals surface area contributed by atoms with Gasteiger partial charge in [-0.3, -0.25) is 4.79 Å². The highest BCUT2D eigenvalue weighted by Gasteiger charge is 2.42. The van der Waals surface area contributed by atoms with E-state index in [1.165, 1.54) is 75.8 Å². The first kappa shape index (κ1) is 20.2. The van der Waals surface area contributed by atoms with Crippen LogP contribution in [0.3, 0.4) is 0 Å². The van der Waals surface area contributed by atoms with Gasteiger partial charge >= 0.3 is 0 Å². The second-order valence-corrected chi connectivity index (χ2v) is 9.19. The second kappa shape index (κ2) is 8.74. The van der Waals surface area contributed by atoms with Crippen LogP contribution in [0.1, 0.15) is 73.1 Å². The fraction of sp³-hybridized carbons (Fsp3) is 0.560. The van der Waals surface area contributed by atoms with E-state index in [0.717, 1.165) is 17.8 Å². The molecule has 1 saturated heterocycles. The number of hydrogen-bond donors (Lipinski definition) is 2. The van der Waals surface area contributed by atoms with Gasteiger partial charge in [0.15, 0.2) is 0 Å². The van der Waals surface area contributed by atoms with E-state index >= 15 is 0 Å². The number of aryl methyl sites for hydroxylation is 2. The minimum absolute atomic E-state index is 0.0684. The lowest BCUT2D eigenvalue weighted by Crippen LogP contribution is -3.22. The molecule has 29 heavy (non-hydrogen) atoms. The van der Waals surface area contributed by atoms with Gasteiger partial charge in [-0.1, -0.05) is 6.42 Å². The first-order valence-corrected chi connectivity index (χ1v) is 11.5. The molecule has 1 aliphatic heterocycles. The average Bonchev–Trinajstić information content (AvgIpc) is 3.11. The first-order chi connectivity index (χ1) is 14.1. The molecule has 2 aromatic rings. The summed E-state index contributed by atoms with van der Waals surface area (Å²) in [6.07, 6.45) is 10.5. The standard InChI is InChI=1S/C25H35N3O/c1-20-9-10-21(2)28(20)23-13-11-22(12-14-23)24(29)26-19-25(15-5-3-6-16-25)27-17-7-4-8-18-27/h9-14H,3-8,15-19H2,1-2H3,(H,26,29)/p+1. The van der Waals surface area contributed by atoms with Gasteiger partial charge in [0.1, 0.15) is 5.54 Å². The summed E-state index contributed by atoms with van der Waals surface area (Å²) in [6, 6.07) is 12.3. The Hall–Kier alpha value is -2.07. The third-order valence-corrected chi connectivity index (χ3v) is 7.26. The number of aromatic nitrogens is 1. The summed E-state index contributed by atoms with van der Waals surface area (Å²) in [7, 11) is 0. The van der Waals surface area contributed by atoms with Gasteiger partial charge in [0.25, 0.3) is 5.91 Å². The molecular formula is C25H36N3O+. The molecule has 4 rings (SSSR count). The normalized spacial score (nSPS) is 19.8. The maximum absolute atomic E-state index is 12.9. The molecule has 0 radical (unpaired) electrons. The van der Waals surface area contributed by atoms with Gasteiger partial charge in [0.05, 0.1) is 19.6 Å². The minimum atomic E-state index is 0.0684. The lowest BCUT2D eigenvalue weighted by Gasteiger charge is -2.45. The Morgan fingerprint density at radius 3 is 2.10 bits per heavy atom. The molecule has 2 N–H and O–H groups in total. The van der Waals surface area contributed by atoms with Crippen LogP contribution in [-0.4, -0.2) is 35.6 Å². The van der Waals surface area contributed by atoms with Gasteiger partial charge in [-0.15, -0.1) is 0 Å². The Kier molecular flexibility index (Phi) is 6.09. The minimum Gasteiger partial charge on any atom is -0.346 e. The molecule has 0 spiro atoms. The molecule has 0 atom stereocenters. The topological polar surface area (TPSA) is 38.5 Å². The maximum atomic E-state index is 12.9. The molecule has 4 nitrogen and oxygen atoms in total. The molecule has 1 aromatic heterocycles. The highest BCUT2D eigenvalue weighted by Crippen LogP contribution is 2.26. The predicted molar refractivity (Wildman–Crippen MR) is 118 cm³/mol. The monoisotopic (exact) mass is 394 g/mol. The smallest absolute Gasteiger partial charge is 0.251 e. The number of hydrogen-bond acceptors (Lipinski definition) is 1. The zero-order valence-electron chi connectivity index (χ0n) is 18.1. The number of rotatable bonds is 5. The van der Waals surface area contributed by atoms with Crippen molar-refractivity contribution in [3.05, 3.63) is 53.3 Å². The van der Waals surface area contributed by atoms with Gasteiger partial charge in [-0.25, -0.2) is 0 Å². The van der Waals surface area contributed by atoms with Crippen LogP contribution in [-0.2, 0) is 0 Å². The fourth-order valence-electron chi connectivity index (χ4n) is 5.58. The molecule has 4 heteroatoms. The summed E-state index contributed by atoms with van der Waals surface area (Å²) in [5, 5.41) is 3.32. The van der Waals surface area contributed by atoms with Gasteiger partial charge in [-0.05, 0) is 82.3 Å². The largest absolute Gasteiger partial charge is 0.346 e. The number of quaternary nitrogens is 1. The van der Waals surface area contributed by atoms with E-state index in [1.54, 1.807) is 4.90 Å². The van der Waals surface area contributed by atoms with Gasteiger partial charge in [0, 0.05) is 35.5 Å². The highest BCUT2D eigenvalue weighted by atomic mass is 16.1. The summed E-state index contributed by atoms with van der Waals surface area (Å²) < 4.78 is 2.22. The Bertz CT molecular complexity index is 805. The summed E-state index contributed by atoms with van der Waals surface area (Å²) in [4.78, 5) is 14.7. The average molecular weight is 395 g/mol. The Balaban J connectivity index is 1.44. The van der Waals surface area contributed by atoms with Gasteiger partial charge in [0.2, 0.25) is 0 Å². The number of benzene rings is 1. The van der Waals surface area contributed by atoms with Gasteiger partial charge < -0.3 is 14.8 Å². The van der Waals surface area contributed by atoms with E-state index < -0.39 is 0 Å². The van der Waals surface area contributed by atoms with Gasteiger partial charge in [-0.2, -0.15) is 0 Å². The lowest BCUT2D eigenvalue weighted by atomic mass is 9.79. The molecule has 1 saturated carbocycles. The molecule has 1 aliphatic carbocycles. The SMILES string of the molecule is Cc1ccc(C)n1-c1ccc(C(=O)NCC2([NH+]3CCCCC3)CCCCC2)cc1. The lowest BCUT2D eigenvalue weighted by molar-refractivity contribution is -0.957. The van der Waals surface area contributed by atoms with Crippen molar-refractivity contribution in [3.63, 3.8) is 0 Å². The van der Waals surface area contributed by atoms with Crippen molar-refractivity contribution in [2.75, 3.05) is 19.6 Å². The Labute approximate surface area is 175 Å². The summed E-state index contributed by atoms with van der Waals surface area (Å²) >= 11 is 0. The highest BCUT2D eigenvalue weighted by molar-refractivity contribution is 5.94. The molecule has 0 unspecified atom stereocenters. The molecule has 1 aromatic carbocycles. The summed E-state index contributed by atoms with van der Waals surface area (Å²) in [5.74, 6) is 0.0684. The van der Waals surface area contributed by atoms with Crippen LogP contribution in [0.25, 0.3) is 5.69 Å². The van der Waals surface area contributed by atoms with Crippen molar-refractivity contribution in [1.29, 1.82) is 0 Å². The van der Waals surface area contributed by atoms with Crippen molar-refractivity contribution in [1.82, 2.24) is 9.88 Å². The molecule has 2 heterocycles. The predicted octanol–water partition coefficient (Wildman–Crippen LogP) is 3.60. The maximum Gasteiger partial charge on any atom is 0.251 e. The first-order valence-electron chi connectivity index (χ1n) is 11.5. The van der Waals surface area contributed by atoms with Crippen molar-refractivity contribution >= 4 is 5.91 Å². The van der Waals surface area contributed by atoms with E-state index in [9.17, 15) is 4.79 Å². The second-order valence-electron chi connectivity index (χ2n) is 9.19. The molecule has 156 valence electrons. The van der Waals surface area contributed by atoms with E-state index in [4.69, 9.17) is 0 Å². The van der Waals surface area contributed by atoms with Crippen molar-refractivity contribution in [2.24, 2.45) is 0 Å². The molecule has 2 aliphatic rings. The third kappa shape index (κ3) is 4.28. The molecule has 0 bridgehead atoms. The zero-order chi connectivity index (χ0) is 20.3. The Morgan fingerprint density at radius 1 is 0.897 bits per heavy atom. The number of carbonyl (C=O) groups excluding carboxylic acids is 1. The number of amides is 1. The number of nitrogens with zero attached hydrogens (tertiary/aromatic N) is 1. The quantitative estimate of drug-likeness (QED) is 0.799. The summed E-state index contributed by atoms with van der Waals surface area (Å²) in [5.41, 5.74) is 4.55. The molecular weight excluding hydrogens is 358 g/mol. The van der Waals surface area contributed by atoms with Crippen LogP contribution < -0.4 is 10.2 Å². The zero-order valence-corrected chi connectivity index (χ0v) is 18.1. The number of likely N-dealkylation sites (tertiary alicyclic amines) is 1. The van der Waals surface area contributed by atoms with Crippen LogP contribution in [0.5, 0.6) is 0 Å². The number of nitrogens with one attached hydrogen (secondary N) is 2. The van der Waals surface area contributed by atoms with Crippen LogP contribution in [0.15, 0.2) is 36.4 Å². The van der Waals surface area contributed by atoms with E-state index in [0.29, 0.717) is 0 Å². The third-order valence-electron chi connectivity index (χ3n) is 7.26. The Morgan fingerprint density at radius 2 is 1.48 bits per heavy atom. The summed E-state index contributed by atoms with van der Waals surface area (Å²) in [6.45, 7) is 7.60. The fourth-order valence-corrected chi connectivity index (χ4v) is 5.58. The van der Waals surface area contributed by atoms with E-state index in [2.05, 4.69) is 48.0 Å². The number of piperidine rings is 1. The van der Waals surface area contributed by atoms with Crippen LogP contribution in [0.2, 0.25) is 0 Å². The number of carbonyl (C=O) groups is 1. The van der Waals surface area contributed by atoms with E-state index in [-0.39, 0.29) is 11.4 Å². The van der Waals surface area contributed by atoms with Crippen molar-refractivity contribution < 1.29 is 9.69 Å².